The molecule has 1 aliphatic heterocycles. The molecule has 128 valence electrons. The zero-order chi connectivity index (χ0) is 16.8. The zero-order valence-electron chi connectivity index (χ0n) is 15.2. The molecule has 2 aromatic carbocycles. The predicted octanol–water partition coefficient (Wildman–Crippen LogP) is 5.66. The first-order valence-electron chi connectivity index (χ1n) is 9.56. The Kier molecular flexibility index (Phi) is 5.73. The van der Waals surface area contributed by atoms with Crippen LogP contribution in [0, 0.1) is 5.92 Å². The summed E-state index contributed by atoms with van der Waals surface area (Å²) in [5.41, 5.74) is 3.36. The van der Waals surface area contributed by atoms with Gasteiger partial charge in [-0.05, 0) is 43.0 Å². The summed E-state index contributed by atoms with van der Waals surface area (Å²) in [6.45, 7) is 8.30. The highest BCUT2D eigenvalue weighted by Gasteiger charge is 2.40. The second kappa shape index (κ2) is 7.98. The van der Waals surface area contributed by atoms with Gasteiger partial charge in [0.15, 0.2) is 0 Å². The summed E-state index contributed by atoms with van der Waals surface area (Å²) in [6.07, 6.45) is 5.17. The Labute approximate surface area is 147 Å². The van der Waals surface area contributed by atoms with Crippen LogP contribution >= 0.6 is 0 Å². The maximum Gasteiger partial charge on any atom is 0.0233 e. The van der Waals surface area contributed by atoms with E-state index in [4.69, 9.17) is 0 Å². The van der Waals surface area contributed by atoms with Crippen LogP contribution in [0.4, 0.5) is 0 Å². The Balaban J connectivity index is 1.73. The second-order valence-corrected chi connectivity index (χ2v) is 7.47. The van der Waals surface area contributed by atoms with Crippen molar-refractivity contribution < 1.29 is 0 Å². The summed E-state index contributed by atoms with van der Waals surface area (Å²) >= 11 is 0. The normalized spacial score (nSPS) is 19.1. The third-order valence-corrected chi connectivity index (χ3v) is 6.01. The lowest BCUT2D eigenvalue weighted by atomic mass is 9.64. The molecule has 1 saturated heterocycles. The molecule has 1 nitrogen and oxygen atoms in total. The standard InChI is InChI=1S/C23H31N/c1-3-10-20(2)23(22-13-8-5-9-14-22)15-17-24(18-16-23)19-21-11-6-4-7-12-21/h4-9,11-14,20H,3,10,15-19H2,1-2H3. The first-order chi connectivity index (χ1) is 11.7. The average molecular weight is 322 g/mol. The molecule has 0 spiro atoms. The van der Waals surface area contributed by atoms with Crippen LogP contribution in [0.1, 0.15) is 50.7 Å². The van der Waals surface area contributed by atoms with Gasteiger partial charge in [0, 0.05) is 12.0 Å². The monoisotopic (exact) mass is 321 g/mol. The number of nitrogens with zero attached hydrogens (tertiary/aromatic N) is 1. The molecule has 1 unspecified atom stereocenters. The topological polar surface area (TPSA) is 3.24 Å². The van der Waals surface area contributed by atoms with Gasteiger partial charge in [-0.3, -0.25) is 4.90 Å². The molecular formula is C23H31N. The van der Waals surface area contributed by atoms with Crippen LogP contribution in [0.25, 0.3) is 0 Å². The van der Waals surface area contributed by atoms with Crippen LogP contribution in [-0.2, 0) is 12.0 Å². The summed E-state index contributed by atoms with van der Waals surface area (Å²) < 4.78 is 0. The highest BCUT2D eigenvalue weighted by Crippen LogP contribution is 2.43. The van der Waals surface area contributed by atoms with Crippen molar-refractivity contribution in [1.29, 1.82) is 0 Å². The lowest BCUT2D eigenvalue weighted by Gasteiger charge is -2.46. The van der Waals surface area contributed by atoms with Crippen molar-refractivity contribution in [2.45, 2.75) is 51.5 Å². The van der Waals surface area contributed by atoms with Crippen molar-refractivity contribution in [3.8, 4) is 0 Å². The molecular weight excluding hydrogens is 290 g/mol. The minimum atomic E-state index is 0.366. The van der Waals surface area contributed by atoms with Crippen LogP contribution in [-0.4, -0.2) is 18.0 Å². The zero-order valence-corrected chi connectivity index (χ0v) is 15.2. The fraction of sp³-hybridized carbons (Fsp3) is 0.478. The minimum absolute atomic E-state index is 0.366. The van der Waals surface area contributed by atoms with Gasteiger partial charge in [0.2, 0.25) is 0 Å². The molecule has 0 amide bonds. The van der Waals surface area contributed by atoms with Crippen molar-refractivity contribution in [2.24, 2.45) is 5.92 Å². The van der Waals surface area contributed by atoms with E-state index >= 15 is 0 Å². The van der Waals surface area contributed by atoms with E-state index in [0.29, 0.717) is 5.41 Å². The van der Waals surface area contributed by atoms with Gasteiger partial charge in [0.25, 0.3) is 0 Å². The van der Waals surface area contributed by atoms with Gasteiger partial charge in [-0.25, -0.2) is 0 Å². The molecule has 0 saturated carbocycles. The number of hydrogen-bond acceptors (Lipinski definition) is 1. The molecule has 0 aliphatic carbocycles. The Morgan fingerprint density at radius 1 is 0.917 bits per heavy atom. The molecule has 1 heterocycles. The molecule has 0 bridgehead atoms. The number of rotatable bonds is 6. The molecule has 0 N–H and O–H groups in total. The lowest BCUT2D eigenvalue weighted by Crippen LogP contribution is -2.45. The largest absolute Gasteiger partial charge is 0.299 e. The van der Waals surface area contributed by atoms with Crippen molar-refractivity contribution >= 4 is 0 Å². The van der Waals surface area contributed by atoms with Crippen LogP contribution in [0.5, 0.6) is 0 Å². The van der Waals surface area contributed by atoms with Gasteiger partial charge in [-0.1, -0.05) is 87.4 Å². The van der Waals surface area contributed by atoms with Gasteiger partial charge in [0.05, 0.1) is 0 Å². The minimum Gasteiger partial charge on any atom is -0.299 e. The van der Waals surface area contributed by atoms with E-state index in [0.717, 1.165) is 12.5 Å². The summed E-state index contributed by atoms with van der Waals surface area (Å²) in [5, 5.41) is 0. The first kappa shape index (κ1) is 17.2. The number of benzene rings is 2. The fourth-order valence-corrected chi connectivity index (χ4v) is 4.50. The van der Waals surface area contributed by atoms with E-state index in [1.54, 1.807) is 5.56 Å². The van der Waals surface area contributed by atoms with Gasteiger partial charge >= 0.3 is 0 Å². The van der Waals surface area contributed by atoms with Crippen LogP contribution in [0.15, 0.2) is 60.7 Å². The van der Waals surface area contributed by atoms with Crippen molar-refractivity contribution in [3.63, 3.8) is 0 Å². The van der Waals surface area contributed by atoms with Crippen LogP contribution < -0.4 is 0 Å². The number of likely N-dealkylation sites (tertiary alicyclic amines) is 1. The number of piperidine rings is 1. The highest BCUT2D eigenvalue weighted by atomic mass is 15.1. The molecule has 24 heavy (non-hydrogen) atoms. The van der Waals surface area contributed by atoms with Crippen LogP contribution in [0.3, 0.4) is 0 Å². The Hall–Kier alpha value is -1.60. The third-order valence-electron chi connectivity index (χ3n) is 6.01. The summed E-state index contributed by atoms with van der Waals surface area (Å²) in [4.78, 5) is 2.63. The SMILES string of the molecule is CCCC(C)C1(c2ccccc2)CCN(Cc2ccccc2)CC1. The summed E-state index contributed by atoms with van der Waals surface area (Å²) in [7, 11) is 0. The van der Waals surface area contributed by atoms with Gasteiger partial charge < -0.3 is 0 Å². The molecule has 1 atom stereocenters. The molecule has 0 aromatic heterocycles. The summed E-state index contributed by atoms with van der Waals surface area (Å²) in [5.74, 6) is 0.753. The van der Waals surface area contributed by atoms with Crippen LogP contribution in [0.2, 0.25) is 0 Å². The fourth-order valence-electron chi connectivity index (χ4n) is 4.50. The van der Waals surface area contributed by atoms with Crippen molar-refractivity contribution in [1.82, 2.24) is 4.90 Å². The van der Waals surface area contributed by atoms with Crippen molar-refractivity contribution in [3.05, 3.63) is 71.8 Å². The van der Waals surface area contributed by atoms with E-state index < -0.39 is 0 Å². The Bertz CT molecular complexity index is 596. The smallest absolute Gasteiger partial charge is 0.0233 e. The molecule has 1 heteroatoms. The molecule has 3 rings (SSSR count). The highest BCUT2D eigenvalue weighted by molar-refractivity contribution is 5.27. The Morgan fingerprint density at radius 3 is 2.08 bits per heavy atom. The maximum atomic E-state index is 2.63. The third kappa shape index (κ3) is 3.72. The summed E-state index contributed by atoms with van der Waals surface area (Å²) in [6, 6.07) is 22.2. The maximum absolute atomic E-state index is 2.63. The predicted molar refractivity (Wildman–Crippen MR) is 103 cm³/mol. The quantitative estimate of drug-likeness (QED) is 0.664. The second-order valence-electron chi connectivity index (χ2n) is 7.47. The van der Waals surface area contributed by atoms with Gasteiger partial charge in [-0.15, -0.1) is 0 Å². The van der Waals surface area contributed by atoms with Gasteiger partial charge in [0.1, 0.15) is 0 Å². The average Bonchev–Trinajstić information content (AvgIpc) is 2.64. The van der Waals surface area contributed by atoms with E-state index in [1.807, 2.05) is 0 Å². The molecule has 2 aromatic rings. The van der Waals surface area contributed by atoms with E-state index in [2.05, 4.69) is 79.4 Å². The lowest BCUT2D eigenvalue weighted by molar-refractivity contribution is 0.110. The Morgan fingerprint density at radius 2 is 1.50 bits per heavy atom. The van der Waals surface area contributed by atoms with E-state index in [-0.39, 0.29) is 0 Å². The van der Waals surface area contributed by atoms with Crippen molar-refractivity contribution in [2.75, 3.05) is 13.1 Å². The molecule has 0 radical (unpaired) electrons. The number of hydrogen-bond donors (Lipinski definition) is 0. The first-order valence-corrected chi connectivity index (χ1v) is 9.56. The molecule has 1 fully saturated rings. The van der Waals surface area contributed by atoms with E-state index in [9.17, 15) is 0 Å². The van der Waals surface area contributed by atoms with E-state index in [1.165, 1.54) is 44.3 Å². The molecule has 1 aliphatic rings. The van der Waals surface area contributed by atoms with Gasteiger partial charge in [-0.2, -0.15) is 0 Å².